The minimum Gasteiger partial charge on any atom is -0.394 e. The SMILES string of the molecule is OC[C@@H](O)[C@H]1OC(c2ccc(Cl)cc2)O[C@@H]1[C@@H]1COC(c2ccc(Cl)cc2)O1. The van der Waals surface area contributed by atoms with E-state index in [1.54, 1.807) is 36.4 Å². The summed E-state index contributed by atoms with van der Waals surface area (Å²) in [5.41, 5.74) is 1.59. The fraction of sp³-hybridized carbons (Fsp3) is 0.400. The minimum atomic E-state index is -1.11. The zero-order valence-corrected chi connectivity index (χ0v) is 16.3. The van der Waals surface area contributed by atoms with Gasteiger partial charge >= 0.3 is 0 Å². The zero-order valence-electron chi connectivity index (χ0n) is 14.8. The maximum Gasteiger partial charge on any atom is 0.184 e. The number of benzene rings is 2. The number of ether oxygens (including phenoxy) is 4. The summed E-state index contributed by atoms with van der Waals surface area (Å²) in [7, 11) is 0. The highest BCUT2D eigenvalue weighted by Crippen LogP contribution is 2.39. The molecule has 8 heteroatoms. The van der Waals surface area contributed by atoms with Crippen molar-refractivity contribution < 1.29 is 29.2 Å². The van der Waals surface area contributed by atoms with E-state index >= 15 is 0 Å². The van der Waals surface area contributed by atoms with Gasteiger partial charge in [0, 0.05) is 21.2 Å². The summed E-state index contributed by atoms with van der Waals surface area (Å²) < 4.78 is 23.7. The Labute approximate surface area is 172 Å². The Morgan fingerprint density at radius 1 is 0.857 bits per heavy atom. The maximum atomic E-state index is 10.2. The van der Waals surface area contributed by atoms with E-state index in [1.807, 2.05) is 12.1 Å². The van der Waals surface area contributed by atoms with Crippen LogP contribution in [0.1, 0.15) is 23.7 Å². The van der Waals surface area contributed by atoms with Crippen molar-refractivity contribution in [1.29, 1.82) is 0 Å². The highest BCUT2D eigenvalue weighted by molar-refractivity contribution is 6.30. The molecule has 0 bridgehead atoms. The van der Waals surface area contributed by atoms with Gasteiger partial charge in [0.05, 0.1) is 13.2 Å². The van der Waals surface area contributed by atoms with Crippen molar-refractivity contribution in [2.75, 3.05) is 13.2 Å². The first-order valence-corrected chi connectivity index (χ1v) is 9.68. The van der Waals surface area contributed by atoms with Gasteiger partial charge in [0.2, 0.25) is 0 Å². The van der Waals surface area contributed by atoms with Crippen LogP contribution >= 0.6 is 23.2 Å². The Kier molecular flexibility index (Phi) is 6.20. The molecular formula is C20H20Cl2O6. The van der Waals surface area contributed by atoms with Gasteiger partial charge in [-0.3, -0.25) is 0 Å². The number of rotatable bonds is 5. The van der Waals surface area contributed by atoms with Crippen molar-refractivity contribution in [2.24, 2.45) is 0 Å². The van der Waals surface area contributed by atoms with Gasteiger partial charge in [-0.25, -0.2) is 0 Å². The van der Waals surface area contributed by atoms with Gasteiger partial charge in [-0.1, -0.05) is 47.5 Å². The van der Waals surface area contributed by atoms with E-state index in [1.165, 1.54) is 0 Å². The molecule has 0 saturated carbocycles. The monoisotopic (exact) mass is 426 g/mol. The molecule has 28 heavy (non-hydrogen) atoms. The van der Waals surface area contributed by atoms with Crippen LogP contribution in [0.3, 0.4) is 0 Å². The number of hydrogen-bond donors (Lipinski definition) is 2. The van der Waals surface area contributed by atoms with Crippen LogP contribution in [-0.4, -0.2) is 47.8 Å². The Morgan fingerprint density at radius 2 is 1.43 bits per heavy atom. The molecule has 0 radical (unpaired) electrons. The topological polar surface area (TPSA) is 77.4 Å². The largest absolute Gasteiger partial charge is 0.394 e. The lowest BCUT2D eigenvalue weighted by molar-refractivity contribution is -0.107. The third kappa shape index (κ3) is 4.20. The van der Waals surface area contributed by atoms with E-state index in [0.717, 1.165) is 11.1 Å². The van der Waals surface area contributed by atoms with E-state index in [4.69, 9.17) is 42.1 Å². The molecule has 2 aliphatic rings. The van der Waals surface area contributed by atoms with E-state index in [2.05, 4.69) is 0 Å². The summed E-state index contributed by atoms with van der Waals surface area (Å²) in [6.45, 7) is -0.185. The summed E-state index contributed by atoms with van der Waals surface area (Å²) in [5, 5.41) is 20.9. The van der Waals surface area contributed by atoms with Gasteiger partial charge in [-0.15, -0.1) is 0 Å². The Balaban J connectivity index is 1.49. The molecule has 0 aliphatic carbocycles. The number of aliphatic hydroxyl groups excluding tert-OH is 2. The van der Waals surface area contributed by atoms with Gasteiger partial charge in [0.15, 0.2) is 12.6 Å². The fourth-order valence-electron chi connectivity index (χ4n) is 3.35. The highest BCUT2D eigenvalue weighted by Gasteiger charge is 2.48. The van der Waals surface area contributed by atoms with Gasteiger partial charge < -0.3 is 29.2 Å². The molecule has 6 atom stereocenters. The Morgan fingerprint density at radius 3 is 2.00 bits per heavy atom. The summed E-state index contributed by atoms with van der Waals surface area (Å²) in [6, 6.07) is 14.2. The van der Waals surface area contributed by atoms with Crippen molar-refractivity contribution in [2.45, 2.75) is 37.0 Å². The molecule has 2 fully saturated rings. The van der Waals surface area contributed by atoms with E-state index < -0.39 is 43.6 Å². The molecule has 0 spiro atoms. The predicted octanol–water partition coefficient (Wildman–Crippen LogP) is 3.24. The molecule has 0 amide bonds. The van der Waals surface area contributed by atoms with Crippen LogP contribution in [0.5, 0.6) is 0 Å². The van der Waals surface area contributed by atoms with Gasteiger partial charge in [-0.05, 0) is 24.3 Å². The van der Waals surface area contributed by atoms with Crippen molar-refractivity contribution in [3.63, 3.8) is 0 Å². The Hall–Kier alpha value is -1.22. The molecule has 2 aromatic rings. The molecule has 150 valence electrons. The lowest BCUT2D eigenvalue weighted by Gasteiger charge is -2.24. The third-order valence-electron chi connectivity index (χ3n) is 4.81. The first-order valence-electron chi connectivity index (χ1n) is 8.93. The van der Waals surface area contributed by atoms with Crippen LogP contribution in [0.15, 0.2) is 48.5 Å². The van der Waals surface area contributed by atoms with Crippen LogP contribution in [0.25, 0.3) is 0 Å². The number of halogens is 2. The number of aliphatic hydroxyl groups is 2. The van der Waals surface area contributed by atoms with E-state index in [9.17, 15) is 10.2 Å². The molecule has 6 nitrogen and oxygen atoms in total. The average molecular weight is 427 g/mol. The van der Waals surface area contributed by atoms with Gasteiger partial charge in [-0.2, -0.15) is 0 Å². The summed E-state index contributed by atoms with van der Waals surface area (Å²) in [6.07, 6.45) is -4.22. The second-order valence-electron chi connectivity index (χ2n) is 6.73. The Bertz CT molecular complexity index is 784. The summed E-state index contributed by atoms with van der Waals surface area (Å²) >= 11 is 11.9. The quantitative estimate of drug-likeness (QED) is 0.763. The first-order chi connectivity index (χ1) is 13.5. The zero-order chi connectivity index (χ0) is 19.7. The van der Waals surface area contributed by atoms with Crippen LogP contribution in [0.4, 0.5) is 0 Å². The second-order valence-corrected chi connectivity index (χ2v) is 7.60. The molecule has 4 rings (SSSR count). The van der Waals surface area contributed by atoms with Gasteiger partial charge in [0.1, 0.15) is 24.4 Å². The molecule has 2 heterocycles. The van der Waals surface area contributed by atoms with Crippen LogP contribution in [-0.2, 0) is 18.9 Å². The summed E-state index contributed by atoms with van der Waals surface area (Å²) in [4.78, 5) is 0. The van der Waals surface area contributed by atoms with Gasteiger partial charge in [0.25, 0.3) is 0 Å². The molecule has 2 aliphatic heterocycles. The molecular weight excluding hydrogens is 407 g/mol. The van der Waals surface area contributed by atoms with Crippen LogP contribution in [0, 0.1) is 0 Å². The van der Waals surface area contributed by atoms with Crippen LogP contribution < -0.4 is 0 Å². The molecule has 0 aromatic heterocycles. The average Bonchev–Trinajstić information content (AvgIpc) is 3.36. The smallest absolute Gasteiger partial charge is 0.184 e. The predicted molar refractivity (Wildman–Crippen MR) is 102 cm³/mol. The molecule has 2 unspecified atom stereocenters. The lowest BCUT2D eigenvalue weighted by atomic mass is 10.0. The minimum absolute atomic E-state index is 0.267. The van der Waals surface area contributed by atoms with Crippen molar-refractivity contribution in [1.82, 2.24) is 0 Å². The molecule has 2 saturated heterocycles. The van der Waals surface area contributed by atoms with E-state index in [-0.39, 0.29) is 6.61 Å². The molecule has 2 aromatic carbocycles. The third-order valence-corrected chi connectivity index (χ3v) is 5.32. The summed E-state index contributed by atoms with van der Waals surface area (Å²) in [5.74, 6) is 0. The van der Waals surface area contributed by atoms with Crippen molar-refractivity contribution in [3.8, 4) is 0 Å². The fourth-order valence-corrected chi connectivity index (χ4v) is 3.60. The standard InChI is InChI=1S/C20H20Cl2O6/c21-13-5-1-11(2-6-13)19-25-10-16(26-19)18-17(15(24)9-23)27-20(28-18)12-3-7-14(22)8-4-12/h1-8,15-20,23-24H,9-10H2/t15-,16+,17-,18-,19?,20?/m1/s1. The first kappa shape index (κ1) is 20.1. The molecule has 2 N–H and O–H groups in total. The van der Waals surface area contributed by atoms with Crippen LogP contribution in [0.2, 0.25) is 10.0 Å². The normalized spacial score (nSPS) is 31.2. The van der Waals surface area contributed by atoms with Crippen molar-refractivity contribution in [3.05, 3.63) is 69.7 Å². The number of hydrogen-bond acceptors (Lipinski definition) is 6. The lowest BCUT2D eigenvalue weighted by Crippen LogP contribution is -2.44. The van der Waals surface area contributed by atoms with Crippen molar-refractivity contribution >= 4 is 23.2 Å². The second kappa shape index (κ2) is 8.65. The highest BCUT2D eigenvalue weighted by atomic mass is 35.5. The van der Waals surface area contributed by atoms with E-state index in [0.29, 0.717) is 10.0 Å². The maximum absolute atomic E-state index is 10.2.